The van der Waals surface area contributed by atoms with Crippen molar-refractivity contribution in [2.75, 3.05) is 17.4 Å². The molecule has 106 valence electrons. The number of anilines is 2. The van der Waals surface area contributed by atoms with Crippen LogP contribution < -0.4 is 10.3 Å². The van der Waals surface area contributed by atoms with Crippen LogP contribution in [0, 0.1) is 22.7 Å². The maximum Gasteiger partial charge on any atom is 0.237 e. The van der Waals surface area contributed by atoms with E-state index >= 15 is 0 Å². The molecule has 1 heterocycles. The third kappa shape index (κ3) is 2.70. The maximum atomic E-state index is 12.0. The summed E-state index contributed by atoms with van der Waals surface area (Å²) in [5.74, 6) is 0.0856. The van der Waals surface area contributed by atoms with Gasteiger partial charge in [-0.25, -0.2) is 0 Å². The van der Waals surface area contributed by atoms with E-state index in [1.807, 2.05) is 26.0 Å². The number of nitrogens with one attached hydrogen (secondary N) is 1. The summed E-state index contributed by atoms with van der Waals surface area (Å²) in [4.78, 5) is 13.6. The van der Waals surface area contributed by atoms with Crippen molar-refractivity contribution in [1.82, 2.24) is 0 Å². The lowest BCUT2D eigenvalue weighted by Gasteiger charge is -2.37. The van der Waals surface area contributed by atoms with Crippen LogP contribution in [0.2, 0.25) is 0 Å². The lowest BCUT2D eigenvalue weighted by Crippen LogP contribution is -2.39. The summed E-state index contributed by atoms with van der Waals surface area (Å²) in [5.41, 5.74) is 4.76. The van der Waals surface area contributed by atoms with Gasteiger partial charge in [-0.05, 0) is 23.8 Å². The predicted octanol–water partition coefficient (Wildman–Crippen LogP) is 2.15. The second-order valence-electron chi connectivity index (χ2n) is 5.54. The summed E-state index contributed by atoms with van der Waals surface area (Å²) in [6.07, 6.45) is 0.435. The summed E-state index contributed by atoms with van der Waals surface area (Å²) < 4.78 is 0. The van der Waals surface area contributed by atoms with Crippen molar-refractivity contribution in [1.29, 1.82) is 10.5 Å². The Balaban J connectivity index is 2.40. The molecule has 0 bridgehead atoms. The molecule has 0 atom stereocenters. The molecule has 0 fully saturated rings. The molecule has 6 heteroatoms. The smallest absolute Gasteiger partial charge is 0.237 e. The monoisotopic (exact) mass is 281 g/mol. The highest BCUT2D eigenvalue weighted by molar-refractivity contribution is 6.10. The summed E-state index contributed by atoms with van der Waals surface area (Å²) in [5, 5.41) is 21.0. The lowest BCUT2D eigenvalue weighted by atomic mass is 9.77. The van der Waals surface area contributed by atoms with Gasteiger partial charge in [-0.3, -0.25) is 10.2 Å². The molecule has 1 amide bonds. The third-order valence-corrected chi connectivity index (χ3v) is 3.56. The molecule has 1 aliphatic heterocycles. The van der Waals surface area contributed by atoms with Crippen LogP contribution in [0.3, 0.4) is 0 Å². The van der Waals surface area contributed by atoms with E-state index in [1.165, 1.54) is 0 Å². The second-order valence-corrected chi connectivity index (χ2v) is 5.54. The first-order chi connectivity index (χ1) is 9.89. The number of rotatable bonds is 2. The van der Waals surface area contributed by atoms with Crippen LogP contribution in [-0.4, -0.2) is 18.7 Å². The predicted molar refractivity (Wildman–Crippen MR) is 79.8 cm³/mol. The van der Waals surface area contributed by atoms with E-state index in [0.717, 1.165) is 11.3 Å². The summed E-state index contributed by atoms with van der Waals surface area (Å²) in [7, 11) is 1.76. The number of carbonyl (C=O) groups excluding carboxylic acids is 1. The van der Waals surface area contributed by atoms with Gasteiger partial charge in [0.15, 0.2) is 0 Å². The number of amides is 1. The van der Waals surface area contributed by atoms with Crippen LogP contribution in [0.15, 0.2) is 23.3 Å². The molecule has 0 aliphatic carbocycles. The molecule has 2 rings (SSSR count). The van der Waals surface area contributed by atoms with Crippen molar-refractivity contribution >= 4 is 23.0 Å². The fraction of sp³-hybridized carbons (Fsp3) is 0.333. The van der Waals surface area contributed by atoms with Crippen LogP contribution in [0.1, 0.15) is 25.8 Å². The number of hydrazone groups is 1. The van der Waals surface area contributed by atoms with E-state index < -0.39 is 0 Å². The molecule has 1 aromatic rings. The molecule has 1 N–H and O–H groups in total. The Labute approximate surface area is 123 Å². The average Bonchev–Trinajstić information content (AvgIpc) is 2.45. The zero-order valence-electron chi connectivity index (χ0n) is 12.1. The molecular weight excluding hydrogens is 266 g/mol. The number of benzene rings is 1. The minimum atomic E-state index is -0.270. The highest BCUT2D eigenvalue weighted by atomic mass is 16.2. The molecular formula is C15H15N5O. The van der Waals surface area contributed by atoms with Gasteiger partial charge in [-0.2, -0.15) is 15.6 Å². The lowest BCUT2D eigenvalue weighted by molar-refractivity contribution is -0.119. The van der Waals surface area contributed by atoms with Gasteiger partial charge < -0.3 is 4.90 Å². The normalized spacial score (nSPS) is 15.5. The molecule has 0 saturated carbocycles. The van der Waals surface area contributed by atoms with E-state index in [9.17, 15) is 4.79 Å². The molecule has 0 spiro atoms. The van der Waals surface area contributed by atoms with Crippen molar-refractivity contribution in [2.24, 2.45) is 5.10 Å². The summed E-state index contributed by atoms with van der Waals surface area (Å²) in [6.45, 7) is 4.03. The SMILES string of the molecule is CN1C(=O)CC(C)(C)c2cc(NN=C(C#N)C#N)ccc21. The van der Waals surface area contributed by atoms with Gasteiger partial charge in [0.25, 0.3) is 0 Å². The number of carbonyl (C=O) groups is 1. The Morgan fingerprint density at radius 2 is 2.05 bits per heavy atom. The van der Waals surface area contributed by atoms with Crippen molar-refractivity contribution < 1.29 is 4.79 Å². The first kappa shape index (κ1) is 14.5. The van der Waals surface area contributed by atoms with E-state index in [2.05, 4.69) is 10.5 Å². The Hall–Kier alpha value is -2.86. The molecule has 1 aliphatic rings. The van der Waals surface area contributed by atoms with E-state index in [0.29, 0.717) is 12.1 Å². The van der Waals surface area contributed by atoms with Crippen LogP contribution in [0.5, 0.6) is 0 Å². The number of hydrogen-bond donors (Lipinski definition) is 1. The molecule has 0 unspecified atom stereocenters. The zero-order chi connectivity index (χ0) is 15.6. The van der Waals surface area contributed by atoms with Gasteiger partial charge in [0.1, 0.15) is 12.1 Å². The molecule has 0 aromatic heterocycles. The molecule has 6 nitrogen and oxygen atoms in total. The zero-order valence-corrected chi connectivity index (χ0v) is 12.1. The van der Waals surface area contributed by atoms with Gasteiger partial charge in [-0.1, -0.05) is 13.8 Å². The highest BCUT2D eigenvalue weighted by Gasteiger charge is 2.35. The topological polar surface area (TPSA) is 92.3 Å². The average molecular weight is 281 g/mol. The first-order valence-electron chi connectivity index (χ1n) is 6.44. The molecule has 21 heavy (non-hydrogen) atoms. The van der Waals surface area contributed by atoms with Gasteiger partial charge >= 0.3 is 0 Å². The van der Waals surface area contributed by atoms with Crippen LogP contribution >= 0.6 is 0 Å². The van der Waals surface area contributed by atoms with Gasteiger partial charge in [-0.15, -0.1) is 0 Å². The number of hydrogen-bond acceptors (Lipinski definition) is 5. The summed E-state index contributed by atoms with van der Waals surface area (Å²) >= 11 is 0. The summed E-state index contributed by atoms with van der Waals surface area (Å²) in [6, 6.07) is 8.87. The van der Waals surface area contributed by atoms with Gasteiger partial charge in [0, 0.05) is 24.6 Å². The van der Waals surface area contributed by atoms with Crippen molar-refractivity contribution in [3.05, 3.63) is 23.8 Å². The fourth-order valence-corrected chi connectivity index (χ4v) is 2.36. The first-order valence-corrected chi connectivity index (χ1v) is 6.44. The van der Waals surface area contributed by atoms with E-state index in [1.54, 1.807) is 30.2 Å². The van der Waals surface area contributed by atoms with Crippen molar-refractivity contribution in [3.63, 3.8) is 0 Å². The Bertz CT molecular complexity index is 690. The van der Waals surface area contributed by atoms with Gasteiger partial charge in [0.05, 0.1) is 5.69 Å². The molecule has 0 radical (unpaired) electrons. The van der Waals surface area contributed by atoms with Crippen molar-refractivity contribution in [3.8, 4) is 12.1 Å². The molecule has 0 saturated heterocycles. The standard InChI is InChI=1S/C15H15N5O/c1-15(2)7-14(21)20(3)13-5-4-10(6-12(13)15)18-19-11(8-16)9-17/h4-6,18H,7H2,1-3H3. The Morgan fingerprint density at radius 3 is 2.67 bits per heavy atom. The highest BCUT2D eigenvalue weighted by Crippen LogP contribution is 2.40. The Kier molecular flexibility index (Phi) is 3.64. The number of fused-ring (bicyclic) bond motifs is 1. The van der Waals surface area contributed by atoms with E-state index in [4.69, 9.17) is 10.5 Å². The third-order valence-electron chi connectivity index (χ3n) is 3.56. The quantitative estimate of drug-likeness (QED) is 0.664. The Morgan fingerprint density at radius 1 is 1.38 bits per heavy atom. The van der Waals surface area contributed by atoms with Crippen LogP contribution in [0.25, 0.3) is 0 Å². The second kappa shape index (κ2) is 5.26. The van der Waals surface area contributed by atoms with Crippen LogP contribution in [-0.2, 0) is 10.2 Å². The molecule has 1 aromatic carbocycles. The van der Waals surface area contributed by atoms with E-state index in [-0.39, 0.29) is 17.0 Å². The fourth-order valence-electron chi connectivity index (χ4n) is 2.36. The number of nitrogens with zero attached hydrogens (tertiary/aromatic N) is 4. The van der Waals surface area contributed by atoms with Gasteiger partial charge in [0.2, 0.25) is 11.6 Å². The minimum Gasteiger partial charge on any atom is -0.315 e. The minimum absolute atomic E-state index is 0.0856. The number of nitriles is 2. The van der Waals surface area contributed by atoms with Crippen molar-refractivity contribution in [2.45, 2.75) is 25.7 Å². The largest absolute Gasteiger partial charge is 0.315 e. The maximum absolute atomic E-state index is 12.0. The van der Waals surface area contributed by atoms with Crippen LogP contribution in [0.4, 0.5) is 11.4 Å².